The molecule has 0 aliphatic heterocycles. The first kappa shape index (κ1) is 20.3. The van der Waals surface area contributed by atoms with Crippen molar-refractivity contribution in [2.75, 3.05) is 0 Å². The van der Waals surface area contributed by atoms with Crippen LogP contribution in [-0.2, 0) is 12.8 Å². The summed E-state index contributed by atoms with van der Waals surface area (Å²) in [6.07, 6.45) is -0.487. The number of hydrogen-bond donors (Lipinski definition) is 0. The molecular weight excluding hydrogens is 412 g/mol. The van der Waals surface area contributed by atoms with Gasteiger partial charge in [0.05, 0.1) is 0 Å². The summed E-state index contributed by atoms with van der Waals surface area (Å²) in [5, 5.41) is 3.72. The number of hydrogen-bond acceptors (Lipinski definition) is 0. The van der Waals surface area contributed by atoms with E-state index < -0.39 is 34.4 Å². The van der Waals surface area contributed by atoms with E-state index in [-0.39, 0.29) is 12.8 Å². The molecule has 0 spiro atoms. The average Bonchev–Trinajstić information content (AvgIpc) is 2.83. The molecule has 0 radical (unpaired) electrons. The lowest BCUT2D eigenvalue weighted by Crippen LogP contribution is -2.10. The van der Waals surface area contributed by atoms with Crippen LogP contribution in [0.25, 0.3) is 21.5 Å². The van der Waals surface area contributed by atoms with Crippen molar-refractivity contribution in [2.24, 2.45) is 0 Å². The van der Waals surface area contributed by atoms with Crippen molar-refractivity contribution in [3.63, 3.8) is 0 Å². The first-order chi connectivity index (χ1) is 15.5. The zero-order valence-corrected chi connectivity index (χ0v) is 17.0. The fourth-order valence-corrected chi connectivity index (χ4v) is 4.14. The summed E-state index contributed by atoms with van der Waals surface area (Å²) in [5.74, 6) is -5.36. The average molecular weight is 430 g/mol. The zero-order chi connectivity index (χ0) is 22.2. The van der Waals surface area contributed by atoms with Crippen LogP contribution >= 0.6 is 0 Å². The summed E-state index contributed by atoms with van der Waals surface area (Å²) in [6.45, 7) is 0. The first-order valence-corrected chi connectivity index (χ1v) is 10.3. The third kappa shape index (κ3) is 3.62. The lowest BCUT2D eigenvalue weighted by Gasteiger charge is -2.13. The molecule has 0 fully saturated rings. The molecule has 0 nitrogen and oxygen atoms in total. The van der Waals surface area contributed by atoms with Crippen LogP contribution in [0.1, 0.15) is 22.3 Å². The Kier molecular flexibility index (Phi) is 5.14. The lowest BCUT2D eigenvalue weighted by molar-refractivity contribution is 0.430. The van der Waals surface area contributed by atoms with Gasteiger partial charge in [0.2, 0.25) is 0 Å². The van der Waals surface area contributed by atoms with Crippen LogP contribution in [0.2, 0.25) is 0 Å². The van der Waals surface area contributed by atoms with Gasteiger partial charge in [-0.1, -0.05) is 84.9 Å². The molecule has 0 unspecified atom stereocenters. The maximum absolute atomic E-state index is 14.9. The summed E-state index contributed by atoms with van der Waals surface area (Å²) >= 11 is 0. The van der Waals surface area contributed by atoms with E-state index in [1.54, 1.807) is 24.3 Å². The second kappa shape index (κ2) is 8.12. The molecule has 0 aliphatic rings. The Balaban J connectivity index is 1.51. The Labute approximate surface area is 182 Å². The van der Waals surface area contributed by atoms with Gasteiger partial charge in [-0.25, -0.2) is 17.6 Å². The van der Waals surface area contributed by atoms with Gasteiger partial charge < -0.3 is 0 Å². The maximum atomic E-state index is 14.9. The molecule has 0 atom stereocenters. The van der Waals surface area contributed by atoms with E-state index in [1.165, 1.54) is 0 Å². The smallest absolute Gasteiger partial charge is 0.165 e. The number of rotatable bonds is 4. The van der Waals surface area contributed by atoms with Crippen LogP contribution in [-0.4, -0.2) is 0 Å². The van der Waals surface area contributed by atoms with E-state index >= 15 is 0 Å². The van der Waals surface area contributed by atoms with Gasteiger partial charge in [0, 0.05) is 24.0 Å². The van der Waals surface area contributed by atoms with Gasteiger partial charge in [0.1, 0.15) is 0 Å². The van der Waals surface area contributed by atoms with E-state index in [4.69, 9.17) is 0 Å². The number of fused-ring (bicyclic) bond motifs is 2. The van der Waals surface area contributed by atoms with Gasteiger partial charge in [0.15, 0.2) is 23.3 Å². The van der Waals surface area contributed by atoms with E-state index in [0.29, 0.717) is 11.1 Å². The van der Waals surface area contributed by atoms with Gasteiger partial charge in [0.25, 0.3) is 0 Å². The highest BCUT2D eigenvalue weighted by Crippen LogP contribution is 2.29. The molecule has 5 aromatic rings. The highest BCUT2D eigenvalue weighted by molar-refractivity contribution is 5.83. The van der Waals surface area contributed by atoms with Crippen molar-refractivity contribution in [3.05, 3.63) is 130 Å². The molecule has 32 heavy (non-hydrogen) atoms. The third-order valence-electron chi connectivity index (χ3n) is 5.83. The van der Waals surface area contributed by atoms with Gasteiger partial charge >= 0.3 is 0 Å². The van der Waals surface area contributed by atoms with E-state index in [1.807, 2.05) is 60.7 Å². The van der Waals surface area contributed by atoms with Gasteiger partial charge in [-0.2, -0.15) is 0 Å². The van der Waals surface area contributed by atoms with Gasteiger partial charge in [-0.05, 0) is 32.7 Å². The Hall–Kier alpha value is -3.66. The molecule has 0 heterocycles. The van der Waals surface area contributed by atoms with Crippen LogP contribution in [0.15, 0.2) is 84.9 Å². The van der Waals surface area contributed by atoms with E-state index in [9.17, 15) is 17.6 Å². The predicted octanol–water partition coefficient (Wildman–Crippen LogP) is 7.73. The van der Waals surface area contributed by atoms with Crippen LogP contribution in [0.5, 0.6) is 0 Å². The van der Waals surface area contributed by atoms with Gasteiger partial charge in [-0.15, -0.1) is 0 Å². The van der Waals surface area contributed by atoms with Crippen molar-refractivity contribution in [3.8, 4) is 0 Å². The number of benzene rings is 5. The first-order valence-electron chi connectivity index (χ1n) is 10.3. The van der Waals surface area contributed by atoms with E-state index in [0.717, 1.165) is 21.5 Å². The molecule has 0 bridgehead atoms. The molecule has 0 amide bonds. The van der Waals surface area contributed by atoms with Crippen LogP contribution < -0.4 is 0 Å². The van der Waals surface area contributed by atoms with Crippen molar-refractivity contribution in [2.45, 2.75) is 12.8 Å². The molecule has 5 aromatic carbocycles. The summed E-state index contributed by atoms with van der Waals surface area (Å²) in [6, 6.07) is 25.7. The molecule has 0 N–H and O–H groups in total. The minimum absolute atomic E-state index is 0.243. The summed E-state index contributed by atoms with van der Waals surface area (Å²) in [5.41, 5.74) is -0.0553. The van der Waals surface area contributed by atoms with Crippen molar-refractivity contribution >= 4 is 21.5 Å². The fraction of sp³-hybridized carbons (Fsp3) is 0.0714. The molecule has 0 aromatic heterocycles. The van der Waals surface area contributed by atoms with Crippen LogP contribution in [0.3, 0.4) is 0 Å². The maximum Gasteiger partial charge on any atom is 0.165 e. The molecule has 0 saturated carbocycles. The quantitative estimate of drug-likeness (QED) is 0.202. The van der Waals surface area contributed by atoms with Crippen LogP contribution in [0, 0.1) is 23.3 Å². The molecular formula is C28H18F4. The monoisotopic (exact) mass is 430 g/mol. The third-order valence-corrected chi connectivity index (χ3v) is 5.83. The Bertz CT molecular complexity index is 1330. The topological polar surface area (TPSA) is 0 Å². The predicted molar refractivity (Wildman–Crippen MR) is 120 cm³/mol. The highest BCUT2D eigenvalue weighted by Gasteiger charge is 2.25. The lowest BCUT2D eigenvalue weighted by atomic mass is 9.96. The van der Waals surface area contributed by atoms with Crippen molar-refractivity contribution in [1.29, 1.82) is 0 Å². The fourth-order valence-electron chi connectivity index (χ4n) is 4.14. The highest BCUT2D eigenvalue weighted by atomic mass is 19.2. The largest absolute Gasteiger partial charge is 0.203 e. The molecule has 0 saturated heterocycles. The second-order valence-corrected chi connectivity index (χ2v) is 7.93. The van der Waals surface area contributed by atoms with Crippen molar-refractivity contribution < 1.29 is 17.6 Å². The minimum Gasteiger partial charge on any atom is -0.203 e. The SMILES string of the molecule is Fc1c(F)c(Cc2ccc3ccccc3c2)c(F)c(F)c1Cc1ccc2ccccc2c1. The summed E-state index contributed by atoms with van der Waals surface area (Å²) in [4.78, 5) is 0. The normalized spacial score (nSPS) is 11.4. The Morgan fingerprint density at radius 3 is 1.12 bits per heavy atom. The summed E-state index contributed by atoms with van der Waals surface area (Å²) in [7, 11) is 0. The molecule has 0 aliphatic carbocycles. The Morgan fingerprint density at radius 1 is 0.406 bits per heavy atom. The van der Waals surface area contributed by atoms with Crippen molar-refractivity contribution in [1.82, 2.24) is 0 Å². The summed E-state index contributed by atoms with van der Waals surface area (Å²) < 4.78 is 59.5. The van der Waals surface area contributed by atoms with Gasteiger partial charge in [-0.3, -0.25) is 0 Å². The zero-order valence-electron chi connectivity index (χ0n) is 17.0. The standard InChI is InChI=1S/C28H18F4/c29-25-23(15-17-9-11-19-5-1-3-7-21(19)13-17)26(30)28(32)24(27(25)31)16-18-10-12-20-6-2-4-8-22(20)14-18/h1-14H,15-16H2. The molecule has 158 valence electrons. The van der Waals surface area contributed by atoms with Crippen LogP contribution in [0.4, 0.5) is 17.6 Å². The van der Waals surface area contributed by atoms with E-state index in [2.05, 4.69) is 0 Å². The molecule has 4 heteroatoms. The number of halogens is 4. The molecule has 5 rings (SSSR count). The minimum atomic E-state index is -1.34. The second-order valence-electron chi connectivity index (χ2n) is 7.93. The Morgan fingerprint density at radius 2 is 0.750 bits per heavy atom.